The molecule has 2 atom stereocenters. The van der Waals surface area contributed by atoms with Crippen molar-refractivity contribution >= 4 is 0 Å². The SMILES string of the molecule is CC(C)(C)COc1ccc([C@@H]2CCC[C@]3(C2)OOC2(O3)C3CC4CC(C3)CC2C4)cc1. The molecule has 1 aromatic rings. The van der Waals surface area contributed by atoms with Crippen LogP contribution < -0.4 is 4.74 Å². The lowest BCUT2D eigenvalue weighted by Crippen LogP contribution is -2.59. The second-order valence-corrected chi connectivity index (χ2v) is 12.4. The van der Waals surface area contributed by atoms with Crippen LogP contribution in [-0.4, -0.2) is 18.2 Å². The first kappa shape index (κ1) is 20.5. The Bertz CT molecular complexity index is 782. The highest BCUT2D eigenvalue weighted by atomic mass is 17.3. The largest absolute Gasteiger partial charge is 0.493 e. The van der Waals surface area contributed by atoms with Gasteiger partial charge in [-0.3, -0.25) is 0 Å². The van der Waals surface area contributed by atoms with Gasteiger partial charge in [-0.2, -0.15) is 9.78 Å². The number of benzene rings is 1. The zero-order valence-corrected chi connectivity index (χ0v) is 19.4. The van der Waals surface area contributed by atoms with Gasteiger partial charge in [0, 0.05) is 24.7 Å². The third-order valence-electron chi connectivity index (χ3n) is 8.64. The van der Waals surface area contributed by atoms with Crippen LogP contribution in [0.1, 0.15) is 90.0 Å². The zero-order chi connectivity index (χ0) is 21.3. The van der Waals surface area contributed by atoms with Gasteiger partial charge < -0.3 is 9.47 Å². The van der Waals surface area contributed by atoms with Crippen molar-refractivity contribution in [2.45, 2.75) is 96.1 Å². The molecule has 4 heteroatoms. The van der Waals surface area contributed by atoms with Gasteiger partial charge >= 0.3 is 0 Å². The van der Waals surface area contributed by atoms with Crippen LogP contribution in [0.5, 0.6) is 5.75 Å². The topological polar surface area (TPSA) is 36.9 Å². The highest BCUT2D eigenvalue weighted by Gasteiger charge is 2.67. The molecule has 0 aromatic heterocycles. The highest BCUT2D eigenvalue weighted by Crippen LogP contribution is 2.64. The Kier molecular flexibility index (Phi) is 4.76. The van der Waals surface area contributed by atoms with Crippen LogP contribution in [0.25, 0.3) is 0 Å². The quantitative estimate of drug-likeness (QED) is 0.511. The Hall–Kier alpha value is -1.10. The molecule has 1 saturated heterocycles. The molecule has 6 aliphatic rings. The maximum atomic E-state index is 6.94. The molecule has 7 rings (SSSR count). The molecule has 31 heavy (non-hydrogen) atoms. The van der Waals surface area contributed by atoms with Crippen LogP contribution in [-0.2, 0) is 14.5 Å². The number of hydrogen-bond acceptors (Lipinski definition) is 4. The Balaban J connectivity index is 1.15. The van der Waals surface area contributed by atoms with E-state index < -0.39 is 11.6 Å². The lowest BCUT2D eigenvalue weighted by Gasteiger charge is -2.57. The Morgan fingerprint density at radius 1 is 0.935 bits per heavy atom. The van der Waals surface area contributed by atoms with Crippen molar-refractivity contribution in [1.82, 2.24) is 0 Å². The van der Waals surface area contributed by atoms with Crippen LogP contribution >= 0.6 is 0 Å². The average Bonchev–Trinajstić information content (AvgIpc) is 3.09. The van der Waals surface area contributed by atoms with Gasteiger partial charge in [0.25, 0.3) is 0 Å². The number of rotatable bonds is 3. The lowest BCUT2D eigenvalue weighted by atomic mass is 9.53. The van der Waals surface area contributed by atoms with Gasteiger partial charge in [-0.25, -0.2) is 0 Å². The van der Waals surface area contributed by atoms with Crippen LogP contribution in [0, 0.1) is 29.1 Å². The molecule has 5 saturated carbocycles. The average molecular weight is 427 g/mol. The standard InChI is InChI=1S/C27H38O4/c1-25(2,3)17-28-24-8-6-20(7-9-24)21-5-4-10-26(16-21)29-27(31-30-26)22-12-18-11-19(14-22)15-23(27)13-18/h6-9,18-19,21-23H,4-5,10-17H2,1-3H3/t18?,19?,21-,22?,23?,26-,27?/m1/s1. The third kappa shape index (κ3) is 3.63. The highest BCUT2D eigenvalue weighted by molar-refractivity contribution is 5.30. The summed E-state index contributed by atoms with van der Waals surface area (Å²) < 4.78 is 12.9. The second-order valence-electron chi connectivity index (χ2n) is 12.4. The van der Waals surface area contributed by atoms with E-state index in [0.717, 1.165) is 43.5 Å². The van der Waals surface area contributed by atoms with Gasteiger partial charge in [-0.15, -0.1) is 0 Å². The monoisotopic (exact) mass is 426 g/mol. The summed E-state index contributed by atoms with van der Waals surface area (Å²) >= 11 is 0. The van der Waals surface area contributed by atoms with E-state index in [9.17, 15) is 0 Å². The maximum Gasteiger partial charge on any atom is 0.210 e. The Morgan fingerprint density at radius 3 is 2.26 bits per heavy atom. The molecule has 2 spiro atoms. The predicted molar refractivity (Wildman–Crippen MR) is 118 cm³/mol. The van der Waals surface area contributed by atoms with Crippen LogP contribution in [0.15, 0.2) is 24.3 Å². The van der Waals surface area contributed by atoms with E-state index in [0.29, 0.717) is 17.8 Å². The summed E-state index contributed by atoms with van der Waals surface area (Å²) in [5.41, 5.74) is 1.53. The fourth-order valence-electron chi connectivity index (χ4n) is 7.40. The molecule has 4 nitrogen and oxygen atoms in total. The first-order valence-corrected chi connectivity index (χ1v) is 12.6. The third-order valence-corrected chi connectivity index (χ3v) is 8.64. The minimum absolute atomic E-state index is 0.166. The van der Waals surface area contributed by atoms with E-state index in [1.807, 2.05) is 0 Å². The fraction of sp³-hybridized carbons (Fsp3) is 0.778. The Labute approximate surface area is 186 Å². The maximum absolute atomic E-state index is 6.94. The van der Waals surface area contributed by atoms with Crippen molar-refractivity contribution < 1.29 is 19.2 Å². The van der Waals surface area contributed by atoms with E-state index >= 15 is 0 Å². The fourth-order valence-corrected chi connectivity index (χ4v) is 7.40. The first-order valence-electron chi connectivity index (χ1n) is 12.6. The summed E-state index contributed by atoms with van der Waals surface area (Å²) in [7, 11) is 0. The van der Waals surface area contributed by atoms with E-state index in [1.54, 1.807) is 0 Å². The molecule has 6 fully saturated rings. The van der Waals surface area contributed by atoms with Crippen LogP contribution in [0.2, 0.25) is 0 Å². The normalized spacial score (nSPS) is 43.8. The zero-order valence-electron chi connectivity index (χ0n) is 19.4. The molecule has 4 bridgehead atoms. The van der Waals surface area contributed by atoms with Gasteiger partial charge in [0.2, 0.25) is 11.6 Å². The summed E-state index contributed by atoms with van der Waals surface area (Å²) in [5, 5.41) is 0. The molecule has 0 unspecified atom stereocenters. The Morgan fingerprint density at radius 2 is 1.61 bits per heavy atom. The molecule has 1 heterocycles. The van der Waals surface area contributed by atoms with Gasteiger partial charge in [-0.05, 0) is 85.8 Å². The van der Waals surface area contributed by atoms with Gasteiger partial charge in [-0.1, -0.05) is 32.9 Å². The minimum Gasteiger partial charge on any atom is -0.493 e. The van der Waals surface area contributed by atoms with Crippen molar-refractivity contribution in [3.05, 3.63) is 29.8 Å². The summed E-state index contributed by atoms with van der Waals surface area (Å²) in [6.07, 6.45) is 10.7. The first-order chi connectivity index (χ1) is 14.8. The van der Waals surface area contributed by atoms with Crippen LogP contribution in [0.3, 0.4) is 0 Å². The van der Waals surface area contributed by atoms with Crippen molar-refractivity contribution in [3.8, 4) is 5.75 Å². The molecule has 5 aliphatic carbocycles. The second kappa shape index (κ2) is 7.20. The summed E-state index contributed by atoms with van der Waals surface area (Å²) in [4.78, 5) is 12.4. The molecular weight excluding hydrogens is 388 g/mol. The van der Waals surface area contributed by atoms with E-state index in [1.165, 1.54) is 44.1 Å². The molecule has 0 N–H and O–H groups in total. The molecule has 1 aliphatic heterocycles. The molecule has 170 valence electrons. The van der Waals surface area contributed by atoms with Crippen LogP contribution in [0.4, 0.5) is 0 Å². The van der Waals surface area contributed by atoms with Crippen molar-refractivity contribution in [2.75, 3.05) is 6.61 Å². The van der Waals surface area contributed by atoms with Gasteiger partial charge in [0.1, 0.15) is 5.75 Å². The molecule has 0 amide bonds. The van der Waals surface area contributed by atoms with E-state index in [2.05, 4.69) is 45.0 Å². The van der Waals surface area contributed by atoms with Crippen molar-refractivity contribution in [3.63, 3.8) is 0 Å². The summed E-state index contributed by atoms with van der Waals surface area (Å²) in [6.45, 7) is 7.32. The lowest BCUT2D eigenvalue weighted by molar-refractivity contribution is -0.390. The van der Waals surface area contributed by atoms with Gasteiger partial charge in [0.05, 0.1) is 6.61 Å². The minimum atomic E-state index is -0.556. The smallest absolute Gasteiger partial charge is 0.210 e. The van der Waals surface area contributed by atoms with E-state index in [-0.39, 0.29) is 5.41 Å². The number of hydrogen-bond donors (Lipinski definition) is 0. The molecule has 1 aromatic carbocycles. The predicted octanol–water partition coefficient (Wildman–Crippen LogP) is 6.60. The molecule has 0 radical (unpaired) electrons. The summed E-state index contributed by atoms with van der Waals surface area (Å²) in [5.74, 6) is 3.24. The van der Waals surface area contributed by atoms with E-state index in [4.69, 9.17) is 19.2 Å². The summed E-state index contributed by atoms with van der Waals surface area (Å²) in [6, 6.07) is 8.70. The van der Waals surface area contributed by atoms with Crippen molar-refractivity contribution in [2.24, 2.45) is 29.1 Å². The van der Waals surface area contributed by atoms with Crippen molar-refractivity contribution in [1.29, 1.82) is 0 Å². The van der Waals surface area contributed by atoms with Gasteiger partial charge in [0.15, 0.2) is 0 Å². The molecular formula is C27H38O4. The number of ether oxygens (including phenoxy) is 2.